The Hall–Kier alpha value is -3.71. The summed E-state index contributed by atoms with van der Waals surface area (Å²) in [5.41, 5.74) is 5.17. The van der Waals surface area contributed by atoms with E-state index in [-0.39, 0.29) is 5.82 Å². The fraction of sp³-hybridized carbons (Fsp3) is 0.0800. The predicted molar refractivity (Wildman–Crippen MR) is 124 cm³/mol. The highest BCUT2D eigenvalue weighted by molar-refractivity contribution is 7.98. The molecule has 0 spiro atoms. The molecule has 0 radical (unpaired) electrons. The molecule has 0 aliphatic heterocycles. The molecule has 0 saturated carbocycles. The van der Waals surface area contributed by atoms with Crippen LogP contribution in [0.2, 0.25) is 0 Å². The number of aromatic nitrogens is 4. The summed E-state index contributed by atoms with van der Waals surface area (Å²) < 4.78 is 21.1. The third-order valence-electron chi connectivity index (χ3n) is 5.01. The molecule has 0 aliphatic carbocycles. The minimum atomic E-state index is -0.260. The quantitative estimate of drug-likeness (QED) is 0.242. The molecule has 0 unspecified atom stereocenters. The Bertz CT molecular complexity index is 1380. The molecule has 0 aliphatic rings. The fourth-order valence-electron chi connectivity index (χ4n) is 3.49. The van der Waals surface area contributed by atoms with Crippen molar-refractivity contribution >= 4 is 17.4 Å². The molecule has 5 rings (SSSR count). The molecule has 0 atom stereocenters. The van der Waals surface area contributed by atoms with E-state index in [0.29, 0.717) is 17.5 Å². The van der Waals surface area contributed by atoms with E-state index in [4.69, 9.17) is 14.7 Å². The van der Waals surface area contributed by atoms with Crippen molar-refractivity contribution in [1.82, 2.24) is 19.4 Å². The molecular weight excluding hydrogens is 423 g/mol. The zero-order valence-electron chi connectivity index (χ0n) is 17.3. The largest absolute Gasteiger partial charge is 0.489 e. The SMILES string of the molecule is CSc1nccc(-c2c(-c3cccc(OCc4ccc(F)cc4)c3)nc3ccccn23)n1. The Balaban J connectivity index is 1.54. The Morgan fingerprint density at radius 2 is 1.84 bits per heavy atom. The van der Waals surface area contributed by atoms with Crippen LogP contribution in [0.25, 0.3) is 28.3 Å². The maximum Gasteiger partial charge on any atom is 0.187 e. The highest BCUT2D eigenvalue weighted by atomic mass is 32.2. The summed E-state index contributed by atoms with van der Waals surface area (Å²) in [5.74, 6) is 0.451. The second kappa shape index (κ2) is 8.80. The average molecular weight is 443 g/mol. The average Bonchev–Trinajstić information content (AvgIpc) is 3.24. The highest BCUT2D eigenvalue weighted by Gasteiger charge is 2.18. The molecule has 0 saturated heterocycles. The summed E-state index contributed by atoms with van der Waals surface area (Å²) in [4.78, 5) is 13.9. The second-order valence-corrected chi connectivity index (χ2v) is 7.88. The number of hydrogen-bond donors (Lipinski definition) is 0. The summed E-state index contributed by atoms with van der Waals surface area (Å²) in [6.07, 6.45) is 5.70. The summed E-state index contributed by atoms with van der Waals surface area (Å²) in [5, 5.41) is 0.704. The maximum atomic E-state index is 13.1. The zero-order valence-corrected chi connectivity index (χ0v) is 18.1. The van der Waals surface area contributed by atoms with Gasteiger partial charge in [0, 0.05) is 18.0 Å². The van der Waals surface area contributed by atoms with Crippen LogP contribution in [0.1, 0.15) is 5.56 Å². The van der Waals surface area contributed by atoms with Crippen molar-refractivity contribution in [2.45, 2.75) is 11.8 Å². The predicted octanol–water partition coefficient (Wildman–Crippen LogP) is 5.90. The highest BCUT2D eigenvalue weighted by Crippen LogP contribution is 2.33. The van der Waals surface area contributed by atoms with E-state index < -0.39 is 0 Å². The first-order chi connectivity index (χ1) is 15.7. The van der Waals surface area contributed by atoms with Crippen molar-refractivity contribution in [2.24, 2.45) is 0 Å². The number of halogens is 1. The first-order valence-corrected chi connectivity index (χ1v) is 11.3. The standard InChI is InChI=1S/C25H19FN4OS/c1-32-25-27-13-12-21(28-25)24-23(29-22-7-2-3-14-30(22)24)18-5-4-6-20(15-18)31-16-17-8-10-19(26)11-9-17/h2-15H,16H2,1H3. The van der Waals surface area contributed by atoms with Crippen LogP contribution in [0.5, 0.6) is 5.75 Å². The van der Waals surface area contributed by atoms with Crippen LogP contribution < -0.4 is 4.74 Å². The smallest absolute Gasteiger partial charge is 0.187 e. The lowest BCUT2D eigenvalue weighted by molar-refractivity contribution is 0.306. The van der Waals surface area contributed by atoms with Gasteiger partial charge in [-0.05, 0) is 54.3 Å². The summed E-state index contributed by atoms with van der Waals surface area (Å²) >= 11 is 1.50. The second-order valence-electron chi connectivity index (χ2n) is 7.11. The minimum absolute atomic E-state index is 0.260. The molecule has 158 valence electrons. The van der Waals surface area contributed by atoms with Crippen LogP contribution in [0, 0.1) is 5.82 Å². The number of hydrogen-bond acceptors (Lipinski definition) is 5. The van der Waals surface area contributed by atoms with Gasteiger partial charge in [0.2, 0.25) is 0 Å². The Kier molecular flexibility index (Phi) is 5.56. The van der Waals surface area contributed by atoms with Crippen LogP contribution >= 0.6 is 11.8 Å². The minimum Gasteiger partial charge on any atom is -0.489 e. The summed E-state index contributed by atoms with van der Waals surface area (Å²) in [6.45, 7) is 0.352. The lowest BCUT2D eigenvalue weighted by atomic mass is 10.1. The first-order valence-electron chi connectivity index (χ1n) is 10.0. The van der Waals surface area contributed by atoms with Gasteiger partial charge in [-0.3, -0.25) is 4.40 Å². The number of fused-ring (bicyclic) bond motifs is 1. The Morgan fingerprint density at radius 3 is 2.69 bits per heavy atom. The monoisotopic (exact) mass is 442 g/mol. The van der Waals surface area contributed by atoms with E-state index in [1.807, 2.05) is 65.4 Å². The summed E-state index contributed by atoms with van der Waals surface area (Å²) in [6, 6.07) is 21.9. The van der Waals surface area contributed by atoms with Crippen molar-refractivity contribution in [3.63, 3.8) is 0 Å². The number of pyridine rings is 1. The number of thioether (sulfide) groups is 1. The van der Waals surface area contributed by atoms with Gasteiger partial charge >= 0.3 is 0 Å². The normalized spacial score (nSPS) is 11.1. The van der Waals surface area contributed by atoms with Gasteiger partial charge in [-0.1, -0.05) is 42.1 Å². The van der Waals surface area contributed by atoms with Crippen molar-refractivity contribution in [2.75, 3.05) is 6.26 Å². The van der Waals surface area contributed by atoms with E-state index in [9.17, 15) is 4.39 Å². The summed E-state index contributed by atoms with van der Waals surface area (Å²) in [7, 11) is 0. The van der Waals surface area contributed by atoms with E-state index in [1.54, 1.807) is 18.3 Å². The van der Waals surface area contributed by atoms with Gasteiger partial charge in [-0.2, -0.15) is 0 Å². The zero-order chi connectivity index (χ0) is 21.9. The van der Waals surface area contributed by atoms with E-state index in [1.165, 1.54) is 23.9 Å². The molecule has 7 heteroatoms. The maximum absolute atomic E-state index is 13.1. The molecule has 3 heterocycles. The number of rotatable bonds is 6. The Labute approximate surface area is 189 Å². The van der Waals surface area contributed by atoms with Gasteiger partial charge in [0.05, 0.1) is 17.1 Å². The van der Waals surface area contributed by atoms with E-state index in [0.717, 1.165) is 33.9 Å². The van der Waals surface area contributed by atoms with Crippen molar-refractivity contribution in [1.29, 1.82) is 0 Å². The van der Waals surface area contributed by atoms with E-state index >= 15 is 0 Å². The van der Waals surface area contributed by atoms with Gasteiger partial charge in [0.1, 0.15) is 23.8 Å². The molecule has 32 heavy (non-hydrogen) atoms. The van der Waals surface area contributed by atoms with Crippen LogP contribution in [-0.2, 0) is 6.61 Å². The van der Waals surface area contributed by atoms with Crippen LogP contribution in [-0.4, -0.2) is 25.6 Å². The molecule has 5 aromatic rings. The first kappa shape index (κ1) is 20.2. The molecule has 0 bridgehead atoms. The van der Waals surface area contributed by atoms with Crippen molar-refractivity contribution < 1.29 is 9.13 Å². The molecular formula is C25H19FN4OS. The van der Waals surface area contributed by atoms with Crippen molar-refractivity contribution in [3.05, 3.63) is 96.6 Å². The number of nitrogens with zero attached hydrogens (tertiary/aromatic N) is 4. The van der Waals surface area contributed by atoms with Gasteiger partial charge in [0.15, 0.2) is 5.16 Å². The van der Waals surface area contributed by atoms with Crippen molar-refractivity contribution in [3.8, 4) is 28.4 Å². The topological polar surface area (TPSA) is 52.3 Å². The molecule has 3 aromatic heterocycles. The molecule has 2 aromatic carbocycles. The number of imidazole rings is 1. The third kappa shape index (κ3) is 4.07. The van der Waals surface area contributed by atoms with Crippen LogP contribution in [0.15, 0.2) is 90.3 Å². The lowest BCUT2D eigenvalue weighted by Gasteiger charge is -2.09. The van der Waals surface area contributed by atoms with Crippen LogP contribution in [0.4, 0.5) is 4.39 Å². The van der Waals surface area contributed by atoms with Gasteiger partial charge in [-0.25, -0.2) is 19.3 Å². The Morgan fingerprint density at radius 1 is 0.969 bits per heavy atom. The van der Waals surface area contributed by atoms with Gasteiger partial charge in [0.25, 0.3) is 0 Å². The lowest BCUT2D eigenvalue weighted by Crippen LogP contribution is -1.96. The number of ether oxygens (including phenoxy) is 1. The molecule has 5 nitrogen and oxygen atoms in total. The van der Waals surface area contributed by atoms with Gasteiger partial charge < -0.3 is 4.74 Å². The molecule has 0 amide bonds. The van der Waals surface area contributed by atoms with E-state index in [2.05, 4.69) is 4.98 Å². The third-order valence-corrected chi connectivity index (χ3v) is 5.58. The van der Waals surface area contributed by atoms with Crippen LogP contribution in [0.3, 0.4) is 0 Å². The fourth-order valence-corrected chi connectivity index (χ4v) is 3.85. The van der Waals surface area contributed by atoms with Gasteiger partial charge in [-0.15, -0.1) is 0 Å². The molecule has 0 N–H and O–H groups in total. The molecule has 0 fully saturated rings. The number of benzene rings is 2.